The molecule has 2 aromatic carbocycles. The number of carbonyl (C=O) groups is 1. The Morgan fingerprint density at radius 1 is 1.00 bits per heavy atom. The van der Waals surface area contributed by atoms with Crippen LogP contribution in [0.3, 0.4) is 0 Å². The van der Waals surface area contributed by atoms with E-state index in [1.807, 2.05) is 42.5 Å². The van der Waals surface area contributed by atoms with Gasteiger partial charge in [-0.3, -0.25) is 14.5 Å². The second-order valence-corrected chi connectivity index (χ2v) is 10.8. The van der Waals surface area contributed by atoms with Crippen molar-refractivity contribution < 1.29 is 9.53 Å². The molecule has 3 heterocycles. The molecule has 0 bridgehead atoms. The Bertz CT molecular complexity index is 1400. The summed E-state index contributed by atoms with van der Waals surface area (Å²) >= 11 is 6.84. The third-order valence-electron chi connectivity index (χ3n) is 6.88. The molecule has 2 saturated heterocycles. The molecule has 0 unspecified atom stereocenters. The number of benzene rings is 2. The van der Waals surface area contributed by atoms with Gasteiger partial charge in [0.25, 0.3) is 11.5 Å². The summed E-state index contributed by atoms with van der Waals surface area (Å²) in [6, 6.07) is 15.6. The average Bonchev–Trinajstić information content (AvgIpc) is 3.07. The van der Waals surface area contributed by atoms with Gasteiger partial charge in [0.2, 0.25) is 0 Å². The highest BCUT2D eigenvalue weighted by atomic mass is 32.2. The summed E-state index contributed by atoms with van der Waals surface area (Å²) in [5.41, 5.74) is 3.23. The number of ether oxygens (including phenoxy) is 1. The lowest BCUT2D eigenvalue weighted by Gasteiger charge is -2.27. The third kappa shape index (κ3) is 4.67. The van der Waals surface area contributed by atoms with Crippen molar-refractivity contribution in [2.24, 2.45) is 7.05 Å². The predicted octanol–water partition coefficient (Wildman–Crippen LogP) is 5.33. The second kappa shape index (κ2) is 10.5. The lowest BCUT2D eigenvalue weighted by atomic mass is 10.1. The third-order valence-corrected chi connectivity index (χ3v) is 8.26. The molecule has 0 atom stereocenters. The van der Waals surface area contributed by atoms with Crippen LogP contribution in [0.1, 0.15) is 36.8 Å². The molecule has 8 heteroatoms. The molecule has 6 nitrogen and oxygen atoms in total. The largest absolute Gasteiger partial charge is 0.497 e. The Morgan fingerprint density at radius 2 is 1.69 bits per heavy atom. The van der Waals surface area contributed by atoms with Gasteiger partial charge in [0.15, 0.2) is 0 Å². The van der Waals surface area contributed by atoms with Crippen molar-refractivity contribution in [2.75, 3.05) is 25.1 Å². The van der Waals surface area contributed by atoms with Crippen LogP contribution in [-0.4, -0.2) is 39.9 Å². The minimum Gasteiger partial charge on any atom is -0.497 e. The van der Waals surface area contributed by atoms with Crippen molar-refractivity contribution in [1.29, 1.82) is 0 Å². The molecular formula is C28H29N3O3S2. The van der Waals surface area contributed by atoms with E-state index in [9.17, 15) is 9.59 Å². The minimum atomic E-state index is -0.169. The molecule has 2 fully saturated rings. The van der Waals surface area contributed by atoms with Crippen LogP contribution in [-0.2, 0) is 18.4 Å². The maximum absolute atomic E-state index is 13.7. The van der Waals surface area contributed by atoms with E-state index in [1.165, 1.54) is 24.6 Å². The SMILES string of the molecule is COc1ccc(CN2C(=O)C(=Cc3c(N4CCCCCC4)c4ccccc4n(C)c3=O)SC2=S)cc1. The molecular weight excluding hydrogens is 490 g/mol. The molecule has 36 heavy (non-hydrogen) atoms. The first-order valence-corrected chi connectivity index (χ1v) is 13.5. The summed E-state index contributed by atoms with van der Waals surface area (Å²) in [6.07, 6.45) is 6.33. The lowest BCUT2D eigenvalue weighted by Crippen LogP contribution is -2.30. The van der Waals surface area contributed by atoms with Gasteiger partial charge in [-0.15, -0.1) is 0 Å². The minimum absolute atomic E-state index is 0.103. The van der Waals surface area contributed by atoms with E-state index >= 15 is 0 Å². The number of thioether (sulfide) groups is 1. The van der Waals surface area contributed by atoms with Crippen LogP contribution >= 0.6 is 24.0 Å². The summed E-state index contributed by atoms with van der Waals surface area (Å²) in [7, 11) is 3.42. The molecule has 5 rings (SSSR count). The van der Waals surface area contributed by atoms with E-state index in [0.717, 1.165) is 53.8 Å². The van der Waals surface area contributed by atoms with Gasteiger partial charge in [-0.25, -0.2) is 0 Å². The summed E-state index contributed by atoms with van der Waals surface area (Å²) in [5, 5.41) is 1.03. The van der Waals surface area contributed by atoms with Crippen LogP contribution in [0.2, 0.25) is 0 Å². The molecule has 1 aromatic heterocycles. The van der Waals surface area contributed by atoms with E-state index < -0.39 is 0 Å². The summed E-state index contributed by atoms with van der Waals surface area (Å²) in [5.74, 6) is 0.593. The van der Waals surface area contributed by atoms with E-state index in [-0.39, 0.29) is 11.5 Å². The molecule has 0 radical (unpaired) electrons. The van der Waals surface area contributed by atoms with Crippen molar-refractivity contribution in [3.8, 4) is 5.75 Å². The topological polar surface area (TPSA) is 54.8 Å². The van der Waals surface area contributed by atoms with Gasteiger partial charge in [-0.1, -0.05) is 67.2 Å². The van der Waals surface area contributed by atoms with Gasteiger partial charge in [-0.2, -0.15) is 0 Å². The zero-order chi connectivity index (χ0) is 25.2. The summed E-state index contributed by atoms with van der Waals surface area (Å²) in [4.78, 5) is 31.5. The Hall–Kier alpha value is -3.10. The zero-order valence-electron chi connectivity index (χ0n) is 20.5. The number of amides is 1. The second-order valence-electron chi connectivity index (χ2n) is 9.16. The maximum Gasteiger partial charge on any atom is 0.266 e. The van der Waals surface area contributed by atoms with Gasteiger partial charge in [0, 0.05) is 25.5 Å². The normalized spacial score (nSPS) is 17.8. The first-order chi connectivity index (χ1) is 17.5. The van der Waals surface area contributed by atoms with Gasteiger partial charge in [0.1, 0.15) is 10.1 Å². The fraction of sp³-hybridized carbons (Fsp3) is 0.321. The Balaban J connectivity index is 1.56. The Labute approximate surface area is 220 Å². The number of para-hydroxylation sites is 1. The first kappa shape index (κ1) is 24.6. The Morgan fingerprint density at radius 3 is 2.39 bits per heavy atom. The zero-order valence-corrected chi connectivity index (χ0v) is 22.2. The van der Waals surface area contributed by atoms with Crippen LogP contribution < -0.4 is 15.2 Å². The number of aryl methyl sites for hydroxylation is 1. The number of rotatable bonds is 5. The monoisotopic (exact) mass is 519 g/mol. The highest BCUT2D eigenvalue weighted by Gasteiger charge is 2.33. The van der Waals surface area contributed by atoms with Crippen LogP contribution in [0.15, 0.2) is 58.2 Å². The number of hydrogen-bond acceptors (Lipinski definition) is 6. The number of nitrogens with zero attached hydrogens (tertiary/aromatic N) is 3. The van der Waals surface area contributed by atoms with Gasteiger partial charge < -0.3 is 14.2 Å². The fourth-order valence-electron chi connectivity index (χ4n) is 4.95. The molecule has 1 amide bonds. The number of carbonyl (C=O) groups excluding carboxylic acids is 1. The summed E-state index contributed by atoms with van der Waals surface area (Å²) < 4.78 is 7.41. The standard InChI is InChI=1S/C28H29N3O3S2/c1-29-23-10-6-5-9-21(23)25(30-15-7-3-4-8-16-30)22(26(29)32)17-24-27(33)31(28(35)36-24)18-19-11-13-20(34-2)14-12-19/h5-6,9-14,17H,3-4,7-8,15-16,18H2,1-2H3. The van der Waals surface area contributed by atoms with E-state index in [4.69, 9.17) is 17.0 Å². The van der Waals surface area contributed by atoms with Gasteiger partial charge in [0.05, 0.1) is 35.3 Å². The highest BCUT2D eigenvalue weighted by molar-refractivity contribution is 8.26. The number of aromatic nitrogens is 1. The molecule has 0 saturated carbocycles. The van der Waals surface area contributed by atoms with Gasteiger partial charge >= 0.3 is 0 Å². The van der Waals surface area contributed by atoms with Crippen molar-refractivity contribution in [1.82, 2.24) is 9.47 Å². The van der Waals surface area contributed by atoms with Crippen molar-refractivity contribution >= 4 is 56.9 Å². The molecule has 3 aromatic rings. The number of anilines is 1. The maximum atomic E-state index is 13.7. The predicted molar refractivity (Wildman–Crippen MR) is 152 cm³/mol. The van der Waals surface area contributed by atoms with Gasteiger partial charge in [-0.05, 0) is 42.7 Å². The van der Waals surface area contributed by atoms with E-state index in [0.29, 0.717) is 21.3 Å². The highest BCUT2D eigenvalue weighted by Crippen LogP contribution is 2.37. The quantitative estimate of drug-likeness (QED) is 0.336. The van der Waals surface area contributed by atoms with Crippen molar-refractivity contribution in [3.05, 3.63) is 74.9 Å². The smallest absolute Gasteiger partial charge is 0.266 e. The molecule has 0 aliphatic carbocycles. The van der Waals surface area contributed by atoms with Crippen LogP contribution in [0.25, 0.3) is 17.0 Å². The number of hydrogen-bond donors (Lipinski definition) is 0. The van der Waals surface area contributed by atoms with Crippen LogP contribution in [0.4, 0.5) is 5.69 Å². The molecule has 0 spiro atoms. The number of pyridine rings is 1. The van der Waals surface area contributed by atoms with Crippen molar-refractivity contribution in [2.45, 2.75) is 32.2 Å². The Kier molecular flexibility index (Phi) is 7.16. The lowest BCUT2D eigenvalue weighted by molar-refractivity contribution is -0.122. The number of methoxy groups -OCH3 is 1. The molecule has 0 N–H and O–H groups in total. The molecule has 2 aliphatic heterocycles. The van der Waals surface area contributed by atoms with E-state index in [1.54, 1.807) is 29.7 Å². The van der Waals surface area contributed by atoms with E-state index in [2.05, 4.69) is 11.0 Å². The summed E-state index contributed by atoms with van der Waals surface area (Å²) in [6.45, 7) is 2.17. The molecule has 2 aliphatic rings. The van der Waals surface area contributed by atoms with Crippen LogP contribution in [0.5, 0.6) is 5.75 Å². The van der Waals surface area contributed by atoms with Crippen LogP contribution in [0, 0.1) is 0 Å². The van der Waals surface area contributed by atoms with Crippen molar-refractivity contribution in [3.63, 3.8) is 0 Å². The number of fused-ring (bicyclic) bond motifs is 1. The fourth-order valence-corrected chi connectivity index (χ4v) is 6.19. The number of thiocarbonyl (C=S) groups is 1. The first-order valence-electron chi connectivity index (χ1n) is 12.2. The molecule has 186 valence electrons. The average molecular weight is 520 g/mol.